The second-order valence-electron chi connectivity index (χ2n) is 7.35. The maximum absolute atomic E-state index is 12.8. The highest BCUT2D eigenvalue weighted by molar-refractivity contribution is 9.10. The van der Waals surface area contributed by atoms with Crippen molar-refractivity contribution in [2.45, 2.75) is 66.9 Å². The van der Waals surface area contributed by atoms with E-state index < -0.39 is 12.5 Å². The Morgan fingerprint density at radius 2 is 1.56 bits per heavy atom. The van der Waals surface area contributed by atoms with Crippen molar-refractivity contribution in [2.75, 3.05) is 0 Å². The first kappa shape index (κ1) is 32.7. The van der Waals surface area contributed by atoms with Crippen molar-refractivity contribution in [3.05, 3.63) is 82.3 Å². The molecule has 2 rings (SSSR count). The molecule has 180 valence electrons. The molecule has 32 heavy (non-hydrogen) atoms. The van der Waals surface area contributed by atoms with E-state index in [2.05, 4.69) is 67.4 Å². The fraction of sp³-hybridized carbons (Fsp3) is 0.423. The number of thiol groups is 1. The largest absolute Gasteiger partial charge is 0.294 e. The highest BCUT2D eigenvalue weighted by Gasteiger charge is 2.20. The van der Waals surface area contributed by atoms with Crippen LogP contribution in [0.5, 0.6) is 0 Å². The highest BCUT2D eigenvalue weighted by atomic mass is 79.9. The van der Waals surface area contributed by atoms with E-state index in [4.69, 9.17) is 0 Å². The summed E-state index contributed by atoms with van der Waals surface area (Å²) in [5.74, 6) is 0.771. The second kappa shape index (κ2) is 19.0. The first-order valence-corrected chi connectivity index (χ1v) is 11.9. The Hall–Kier alpha value is -1.50. The molecule has 2 nitrogen and oxygen atoms in total. The maximum Gasteiger partial charge on any atom is 0.242 e. The van der Waals surface area contributed by atoms with Crippen molar-refractivity contribution >= 4 is 34.5 Å². The zero-order chi connectivity index (χ0) is 25.3. The summed E-state index contributed by atoms with van der Waals surface area (Å²) >= 11 is 7.39. The van der Waals surface area contributed by atoms with Crippen LogP contribution in [0, 0.1) is 12.8 Å². The summed E-state index contributed by atoms with van der Waals surface area (Å²) in [6.45, 7) is 18.4. The van der Waals surface area contributed by atoms with Gasteiger partial charge in [-0.25, -0.2) is 8.78 Å². The van der Waals surface area contributed by atoms with Gasteiger partial charge >= 0.3 is 0 Å². The minimum Gasteiger partial charge on any atom is -0.294 e. The number of hydrogen-bond donors (Lipinski definition) is 2. The number of rotatable bonds is 7. The van der Waals surface area contributed by atoms with E-state index in [1.165, 1.54) is 0 Å². The Bertz CT molecular complexity index is 764. The molecule has 1 atom stereocenters. The Balaban J connectivity index is 0. The van der Waals surface area contributed by atoms with Crippen molar-refractivity contribution < 1.29 is 13.6 Å². The van der Waals surface area contributed by atoms with Gasteiger partial charge in [0.2, 0.25) is 6.43 Å². The van der Waals surface area contributed by atoms with Gasteiger partial charge in [-0.05, 0) is 36.1 Å². The van der Waals surface area contributed by atoms with Crippen LogP contribution in [0.25, 0.3) is 0 Å². The van der Waals surface area contributed by atoms with Crippen LogP contribution in [-0.4, -0.2) is 12.2 Å². The molecule has 0 saturated heterocycles. The van der Waals surface area contributed by atoms with Gasteiger partial charge in [-0.3, -0.25) is 9.52 Å². The van der Waals surface area contributed by atoms with Crippen LogP contribution in [-0.2, 0) is 6.42 Å². The number of carbonyl (C=O) groups excluding carboxylic acids is 1. The van der Waals surface area contributed by atoms with Gasteiger partial charge in [0, 0.05) is 28.9 Å². The Kier molecular flexibility index (Phi) is 19.4. The van der Waals surface area contributed by atoms with E-state index in [1.54, 1.807) is 30.3 Å². The lowest BCUT2D eigenvalue weighted by atomic mass is 9.93. The number of benzene rings is 2. The molecule has 0 amide bonds. The van der Waals surface area contributed by atoms with Crippen molar-refractivity contribution in [1.29, 1.82) is 0 Å². The SMILES string of the molecule is C=C.CC.CC(C)C.Cc1ccc(C(=O)C[C@@H](NS)c2ccc(Br)cc2CC(F)F)cc1. The fourth-order valence-electron chi connectivity index (χ4n) is 2.53. The average molecular weight is 531 g/mol. The first-order chi connectivity index (χ1) is 15.1. The van der Waals surface area contributed by atoms with Crippen molar-refractivity contribution in [3.63, 3.8) is 0 Å². The van der Waals surface area contributed by atoms with Crippen LogP contribution in [0.15, 0.2) is 60.1 Å². The quantitative estimate of drug-likeness (QED) is 0.213. The molecule has 0 aromatic heterocycles. The minimum absolute atomic E-state index is 0.0625. The van der Waals surface area contributed by atoms with Crippen molar-refractivity contribution in [2.24, 2.45) is 5.92 Å². The zero-order valence-corrected chi connectivity index (χ0v) is 22.6. The predicted octanol–water partition coefficient (Wildman–Crippen LogP) is 8.80. The third-order valence-corrected chi connectivity index (χ3v) is 4.58. The van der Waals surface area contributed by atoms with Crippen molar-refractivity contribution in [3.8, 4) is 0 Å². The lowest BCUT2D eigenvalue weighted by Crippen LogP contribution is -2.19. The minimum atomic E-state index is -2.45. The van der Waals surface area contributed by atoms with Crippen molar-refractivity contribution in [1.82, 2.24) is 4.72 Å². The van der Waals surface area contributed by atoms with Gasteiger partial charge in [0.15, 0.2) is 5.78 Å². The van der Waals surface area contributed by atoms with E-state index in [9.17, 15) is 13.6 Å². The Morgan fingerprint density at radius 3 is 2.00 bits per heavy atom. The Labute approximate surface area is 207 Å². The number of aryl methyl sites for hydroxylation is 1. The van der Waals surface area contributed by atoms with E-state index in [0.29, 0.717) is 16.7 Å². The monoisotopic (exact) mass is 529 g/mol. The van der Waals surface area contributed by atoms with Crippen LogP contribution in [0.4, 0.5) is 8.78 Å². The molecule has 2 aromatic rings. The van der Waals surface area contributed by atoms with Crippen LogP contribution >= 0.6 is 28.7 Å². The van der Waals surface area contributed by atoms with Gasteiger partial charge in [0.25, 0.3) is 0 Å². The van der Waals surface area contributed by atoms with Crippen LogP contribution in [0.1, 0.15) is 74.1 Å². The van der Waals surface area contributed by atoms with Gasteiger partial charge in [-0.2, -0.15) is 0 Å². The van der Waals surface area contributed by atoms with Crippen LogP contribution in [0.3, 0.4) is 0 Å². The molecule has 2 aromatic carbocycles. The van der Waals surface area contributed by atoms with Gasteiger partial charge in [-0.15, -0.1) is 13.2 Å². The molecule has 0 unspecified atom stereocenters. The van der Waals surface area contributed by atoms with Gasteiger partial charge < -0.3 is 0 Å². The molecule has 0 heterocycles. The topological polar surface area (TPSA) is 29.1 Å². The molecule has 0 aliphatic heterocycles. The summed E-state index contributed by atoms with van der Waals surface area (Å²) < 4.78 is 29.2. The summed E-state index contributed by atoms with van der Waals surface area (Å²) in [7, 11) is 0. The van der Waals surface area contributed by atoms with E-state index in [1.807, 2.05) is 32.9 Å². The smallest absolute Gasteiger partial charge is 0.242 e. The second-order valence-corrected chi connectivity index (χ2v) is 8.52. The maximum atomic E-state index is 12.8. The number of alkyl halides is 2. The summed E-state index contributed by atoms with van der Waals surface area (Å²) in [6.07, 6.45) is -2.67. The highest BCUT2D eigenvalue weighted by Crippen LogP contribution is 2.28. The summed E-state index contributed by atoms with van der Waals surface area (Å²) in [5, 5.41) is 0. The lowest BCUT2D eigenvalue weighted by molar-refractivity contribution is 0.0972. The number of carbonyl (C=O) groups is 1. The summed E-state index contributed by atoms with van der Waals surface area (Å²) in [4.78, 5) is 12.5. The molecule has 1 N–H and O–H groups in total. The Morgan fingerprint density at radius 1 is 1.06 bits per heavy atom. The van der Waals surface area contributed by atoms with E-state index in [-0.39, 0.29) is 18.6 Å². The molecule has 6 heteroatoms. The predicted molar refractivity (Wildman–Crippen MR) is 142 cm³/mol. The molecule has 0 saturated carbocycles. The number of halogens is 3. The normalized spacial score (nSPS) is 10.8. The number of nitrogens with one attached hydrogen (secondary N) is 1. The standard InChI is InChI=1S/C18H18BrF2NOS.C4H10.C2H6.C2H4/c1-11-2-4-12(5-3-11)17(23)10-16(22-24)15-7-6-14(19)8-13(15)9-18(20)21;1-4(2)3;2*1-2/h2-8,16,18,22,24H,9-10H2,1H3;4H,1-3H3;1-2H3;1-2H2/t16-;;;/m1.../s1. The van der Waals surface area contributed by atoms with Gasteiger partial charge in [-0.1, -0.05) is 99.3 Å². The van der Waals surface area contributed by atoms with Gasteiger partial charge in [0.05, 0.1) is 0 Å². The van der Waals surface area contributed by atoms with Crippen LogP contribution in [0.2, 0.25) is 0 Å². The molecular weight excluding hydrogens is 492 g/mol. The number of hydrogen-bond acceptors (Lipinski definition) is 3. The fourth-order valence-corrected chi connectivity index (χ4v) is 3.16. The summed E-state index contributed by atoms with van der Waals surface area (Å²) in [6, 6.07) is 12.0. The molecule has 0 fully saturated rings. The van der Waals surface area contributed by atoms with E-state index >= 15 is 0 Å². The molecule has 0 aliphatic rings. The number of Topliss-reactive ketones (excluding diaryl/α,β-unsaturated/α-hetero) is 1. The van der Waals surface area contributed by atoms with Crippen LogP contribution < -0.4 is 4.72 Å². The van der Waals surface area contributed by atoms with E-state index in [0.717, 1.165) is 16.0 Å². The number of ketones is 1. The summed E-state index contributed by atoms with van der Waals surface area (Å²) in [5.41, 5.74) is 2.83. The molecule has 0 spiro atoms. The zero-order valence-electron chi connectivity index (χ0n) is 20.1. The van der Waals surface area contributed by atoms with Gasteiger partial charge in [0.1, 0.15) is 0 Å². The molecular formula is C26H38BrF2NOS. The average Bonchev–Trinajstić information content (AvgIpc) is 2.75. The third kappa shape index (κ3) is 13.8. The third-order valence-electron chi connectivity index (χ3n) is 3.77. The first-order valence-electron chi connectivity index (χ1n) is 10.7. The molecule has 0 bridgehead atoms. The lowest BCUT2D eigenvalue weighted by Gasteiger charge is -2.19. The molecule has 0 aliphatic carbocycles. The molecule has 0 radical (unpaired) electrons.